The van der Waals surface area contributed by atoms with Crippen LogP contribution in [0.5, 0.6) is 5.75 Å². The molecule has 0 radical (unpaired) electrons. The molecule has 5 nitrogen and oxygen atoms in total. The first kappa shape index (κ1) is 15.9. The van der Waals surface area contributed by atoms with Gasteiger partial charge in [-0.3, -0.25) is 9.78 Å². The Kier molecular flexibility index (Phi) is 4.98. The van der Waals surface area contributed by atoms with E-state index in [9.17, 15) is 4.79 Å². The Morgan fingerprint density at radius 3 is 2.88 bits per heavy atom. The summed E-state index contributed by atoms with van der Waals surface area (Å²) >= 11 is 5.12. The second-order valence-electron chi connectivity index (χ2n) is 5.00. The van der Waals surface area contributed by atoms with E-state index in [1.165, 1.54) is 0 Å². The number of hydrogen-bond donors (Lipinski definition) is 2. The van der Waals surface area contributed by atoms with Crippen LogP contribution in [-0.2, 0) is 6.61 Å². The van der Waals surface area contributed by atoms with Gasteiger partial charge in [0, 0.05) is 24.1 Å². The summed E-state index contributed by atoms with van der Waals surface area (Å²) in [5.74, 6) is 0.385. The van der Waals surface area contributed by atoms with E-state index in [1.54, 1.807) is 36.7 Å². The highest BCUT2D eigenvalue weighted by Gasteiger charge is 2.08. The van der Waals surface area contributed by atoms with Crippen LogP contribution in [0.4, 0.5) is 5.69 Å². The molecule has 1 amide bonds. The molecule has 2 N–H and O–H groups in total. The molecule has 6 heteroatoms. The maximum absolute atomic E-state index is 12.3. The van der Waals surface area contributed by atoms with Gasteiger partial charge in [0.25, 0.3) is 5.91 Å². The number of hydrogen-bond acceptors (Lipinski definition) is 4. The predicted molar refractivity (Wildman–Crippen MR) is 94.6 cm³/mol. The molecule has 0 aliphatic rings. The van der Waals surface area contributed by atoms with Crippen LogP contribution in [0.3, 0.4) is 0 Å². The van der Waals surface area contributed by atoms with Crippen molar-refractivity contribution in [2.45, 2.75) is 6.61 Å². The Hall–Kier alpha value is -2.99. The molecule has 24 heavy (non-hydrogen) atoms. The number of carbonyl (C=O) groups excluding carboxylic acids is 1. The molecule has 0 fully saturated rings. The van der Waals surface area contributed by atoms with Crippen molar-refractivity contribution >= 4 is 23.8 Å². The summed E-state index contributed by atoms with van der Waals surface area (Å²) in [6, 6.07) is 16.3. The molecule has 3 rings (SSSR count). The number of ether oxygens (including phenoxy) is 1. The fourth-order valence-corrected chi connectivity index (χ4v) is 2.33. The maximum atomic E-state index is 12.3. The fraction of sp³-hybridized carbons (Fsp3) is 0.0556. The number of carbonyl (C=O) groups is 1. The van der Waals surface area contributed by atoms with Gasteiger partial charge < -0.3 is 15.0 Å². The number of nitrogens with zero attached hydrogens (tertiary/aromatic N) is 1. The van der Waals surface area contributed by atoms with Crippen LogP contribution < -0.4 is 10.1 Å². The molecule has 0 spiro atoms. The average molecular weight is 337 g/mol. The molecule has 3 aromatic rings. The fourth-order valence-electron chi connectivity index (χ4n) is 2.10. The number of anilines is 1. The first-order chi connectivity index (χ1) is 11.7. The van der Waals surface area contributed by atoms with Gasteiger partial charge in [0.2, 0.25) is 0 Å². The van der Waals surface area contributed by atoms with E-state index in [0.717, 1.165) is 5.69 Å². The molecule has 0 bridgehead atoms. The smallest absolute Gasteiger partial charge is 0.258 e. The molecule has 0 aliphatic heterocycles. The molecule has 2 aromatic heterocycles. The molecule has 0 saturated heterocycles. The third-order valence-corrected chi connectivity index (χ3v) is 3.61. The number of aromatic nitrogens is 2. The zero-order valence-electron chi connectivity index (χ0n) is 12.7. The van der Waals surface area contributed by atoms with Gasteiger partial charge in [-0.2, -0.15) is 0 Å². The number of nitrogens with one attached hydrogen (secondary N) is 2. The number of benzene rings is 1. The number of aromatic amines is 1. The van der Waals surface area contributed by atoms with Gasteiger partial charge in [0.05, 0.1) is 11.3 Å². The SMILES string of the molecule is O=C(Nc1cccc(OCc2ccccn2)c1)c1ccc[nH]c1=S. The second-order valence-corrected chi connectivity index (χ2v) is 5.41. The zero-order chi connectivity index (χ0) is 16.8. The Morgan fingerprint density at radius 2 is 2.08 bits per heavy atom. The van der Waals surface area contributed by atoms with Gasteiger partial charge in [-0.05, 0) is 36.4 Å². The van der Waals surface area contributed by atoms with Crippen LogP contribution in [0.15, 0.2) is 67.0 Å². The van der Waals surface area contributed by atoms with Gasteiger partial charge in [-0.15, -0.1) is 0 Å². The molecule has 1 aromatic carbocycles. The van der Waals surface area contributed by atoms with E-state index in [4.69, 9.17) is 17.0 Å². The van der Waals surface area contributed by atoms with E-state index in [2.05, 4.69) is 15.3 Å². The van der Waals surface area contributed by atoms with Crippen molar-refractivity contribution in [2.24, 2.45) is 0 Å². The van der Waals surface area contributed by atoms with Gasteiger partial charge >= 0.3 is 0 Å². The Labute approximate surface area is 144 Å². The van der Waals surface area contributed by atoms with Gasteiger partial charge in [-0.1, -0.05) is 24.4 Å². The highest BCUT2D eigenvalue weighted by Crippen LogP contribution is 2.19. The summed E-state index contributed by atoms with van der Waals surface area (Å²) < 4.78 is 6.10. The lowest BCUT2D eigenvalue weighted by Crippen LogP contribution is -2.12. The van der Waals surface area contributed by atoms with E-state index >= 15 is 0 Å². The zero-order valence-corrected chi connectivity index (χ0v) is 13.5. The van der Waals surface area contributed by atoms with Crippen molar-refractivity contribution in [2.75, 3.05) is 5.32 Å². The lowest BCUT2D eigenvalue weighted by molar-refractivity contribution is 0.102. The second kappa shape index (κ2) is 7.52. The van der Waals surface area contributed by atoms with Crippen LogP contribution in [0.25, 0.3) is 0 Å². The van der Waals surface area contributed by atoms with Crippen LogP contribution in [-0.4, -0.2) is 15.9 Å². The minimum atomic E-state index is -0.265. The first-order valence-electron chi connectivity index (χ1n) is 7.34. The van der Waals surface area contributed by atoms with Crippen molar-refractivity contribution in [3.8, 4) is 5.75 Å². The molecule has 0 saturated carbocycles. The maximum Gasteiger partial charge on any atom is 0.258 e. The van der Waals surface area contributed by atoms with E-state index in [-0.39, 0.29) is 5.91 Å². The quantitative estimate of drug-likeness (QED) is 0.691. The molecular formula is C18H15N3O2S. The Bertz CT molecular complexity index is 894. The summed E-state index contributed by atoms with van der Waals surface area (Å²) in [6.45, 7) is 0.363. The Morgan fingerprint density at radius 1 is 1.17 bits per heavy atom. The average Bonchev–Trinajstić information content (AvgIpc) is 2.61. The minimum absolute atomic E-state index is 0.265. The van der Waals surface area contributed by atoms with Gasteiger partial charge in [-0.25, -0.2) is 0 Å². The third kappa shape index (κ3) is 4.05. The van der Waals surface area contributed by atoms with Gasteiger partial charge in [0.15, 0.2) is 0 Å². The van der Waals surface area contributed by atoms with Crippen molar-refractivity contribution in [1.29, 1.82) is 0 Å². The highest BCUT2D eigenvalue weighted by molar-refractivity contribution is 7.71. The molecule has 0 aliphatic carbocycles. The first-order valence-corrected chi connectivity index (χ1v) is 7.75. The van der Waals surface area contributed by atoms with Crippen LogP contribution in [0, 0.1) is 4.64 Å². The molecular weight excluding hydrogens is 322 g/mol. The molecule has 0 atom stereocenters. The lowest BCUT2D eigenvalue weighted by Gasteiger charge is -2.09. The normalized spacial score (nSPS) is 10.2. The Balaban J connectivity index is 1.68. The monoisotopic (exact) mass is 337 g/mol. The largest absolute Gasteiger partial charge is 0.487 e. The van der Waals surface area contributed by atoms with Crippen LogP contribution in [0.1, 0.15) is 16.1 Å². The van der Waals surface area contributed by atoms with E-state index in [0.29, 0.717) is 28.2 Å². The summed E-state index contributed by atoms with van der Waals surface area (Å²) in [6.07, 6.45) is 3.41. The van der Waals surface area contributed by atoms with E-state index in [1.807, 2.05) is 30.3 Å². The standard InChI is InChI=1S/C18H15N3O2S/c22-17(16-8-4-10-20-18(16)24)21-13-6-3-7-15(11-13)23-12-14-5-1-2-9-19-14/h1-11H,12H2,(H,20,24)(H,21,22). The molecule has 120 valence electrons. The summed E-state index contributed by atoms with van der Waals surface area (Å²) in [4.78, 5) is 19.3. The van der Waals surface area contributed by atoms with Crippen molar-refractivity contribution in [1.82, 2.24) is 9.97 Å². The topological polar surface area (TPSA) is 67.0 Å². The predicted octanol–water partition coefficient (Wildman–Crippen LogP) is 3.97. The summed E-state index contributed by atoms with van der Waals surface area (Å²) in [5.41, 5.74) is 1.89. The van der Waals surface area contributed by atoms with Crippen LogP contribution >= 0.6 is 12.2 Å². The van der Waals surface area contributed by atoms with Crippen molar-refractivity contribution in [3.05, 3.63) is 82.9 Å². The molecule has 0 unspecified atom stereocenters. The number of pyridine rings is 2. The number of H-pyrrole nitrogens is 1. The van der Waals surface area contributed by atoms with Crippen molar-refractivity contribution < 1.29 is 9.53 Å². The minimum Gasteiger partial charge on any atom is -0.487 e. The number of amides is 1. The summed E-state index contributed by atoms with van der Waals surface area (Å²) in [7, 11) is 0. The van der Waals surface area contributed by atoms with Gasteiger partial charge in [0.1, 0.15) is 17.0 Å². The number of rotatable bonds is 5. The third-order valence-electron chi connectivity index (χ3n) is 3.27. The molecule has 2 heterocycles. The van der Waals surface area contributed by atoms with E-state index < -0.39 is 0 Å². The highest BCUT2D eigenvalue weighted by atomic mass is 32.1. The lowest BCUT2D eigenvalue weighted by atomic mass is 10.2. The summed E-state index contributed by atoms with van der Waals surface area (Å²) in [5, 5.41) is 2.82. The van der Waals surface area contributed by atoms with Crippen molar-refractivity contribution in [3.63, 3.8) is 0 Å². The van der Waals surface area contributed by atoms with Crippen LogP contribution in [0.2, 0.25) is 0 Å².